The molecule has 1 aliphatic rings. The quantitative estimate of drug-likeness (QED) is 0.836. The summed E-state index contributed by atoms with van der Waals surface area (Å²) >= 11 is 1.05. The van der Waals surface area contributed by atoms with E-state index in [0.29, 0.717) is 4.88 Å². The summed E-state index contributed by atoms with van der Waals surface area (Å²) in [4.78, 5) is 12.6. The number of thiophene rings is 1. The molecular weight excluding hydrogens is 296 g/mol. The zero-order chi connectivity index (χ0) is 14.8. The van der Waals surface area contributed by atoms with E-state index in [1.54, 1.807) is 6.07 Å². The van der Waals surface area contributed by atoms with Gasteiger partial charge in [0.05, 0.1) is 6.42 Å². The fourth-order valence-electron chi connectivity index (χ4n) is 2.45. The van der Waals surface area contributed by atoms with Crippen LogP contribution in [0, 0.1) is 5.41 Å². The second kappa shape index (κ2) is 5.83. The van der Waals surface area contributed by atoms with E-state index in [9.17, 15) is 13.2 Å². The van der Waals surface area contributed by atoms with E-state index < -0.39 is 10.0 Å². The molecule has 2 rings (SSSR count). The van der Waals surface area contributed by atoms with Crippen molar-refractivity contribution in [2.45, 2.75) is 43.2 Å². The van der Waals surface area contributed by atoms with Crippen LogP contribution in [0.25, 0.3) is 0 Å². The Kier molecular flexibility index (Phi) is 4.51. The van der Waals surface area contributed by atoms with Crippen LogP contribution in [0.3, 0.4) is 0 Å². The highest BCUT2D eigenvalue weighted by atomic mass is 32.2. The first-order valence-corrected chi connectivity index (χ1v) is 9.09. The van der Waals surface area contributed by atoms with Crippen LogP contribution in [0.1, 0.15) is 37.5 Å². The summed E-state index contributed by atoms with van der Waals surface area (Å²) in [5.74, 6) is -0.0625. The monoisotopic (exact) mass is 316 g/mol. The molecule has 1 fully saturated rings. The first-order valence-electron chi connectivity index (χ1n) is 6.73. The second-order valence-electron chi connectivity index (χ2n) is 5.43. The van der Waals surface area contributed by atoms with E-state index in [1.165, 1.54) is 25.3 Å². The highest BCUT2D eigenvalue weighted by Gasteiger charge is 2.35. The lowest BCUT2D eigenvalue weighted by atomic mass is 9.67. The zero-order valence-electron chi connectivity index (χ0n) is 11.5. The van der Waals surface area contributed by atoms with Gasteiger partial charge < -0.3 is 5.32 Å². The van der Waals surface area contributed by atoms with E-state index in [4.69, 9.17) is 5.14 Å². The summed E-state index contributed by atoms with van der Waals surface area (Å²) in [6.45, 7) is 2.87. The SMILES string of the molecule is CCC1(CNC(=O)Cc2ccc(S(N)(=O)=O)s2)CCC1. The van der Waals surface area contributed by atoms with Crippen molar-refractivity contribution in [1.82, 2.24) is 5.32 Å². The molecule has 20 heavy (non-hydrogen) atoms. The average Bonchev–Trinajstić information content (AvgIpc) is 2.76. The van der Waals surface area contributed by atoms with Crippen molar-refractivity contribution < 1.29 is 13.2 Å². The number of rotatable bonds is 6. The number of carbonyl (C=O) groups is 1. The van der Waals surface area contributed by atoms with E-state index in [0.717, 1.165) is 24.3 Å². The number of amides is 1. The van der Waals surface area contributed by atoms with Crippen molar-refractivity contribution in [1.29, 1.82) is 0 Å². The number of hydrogen-bond acceptors (Lipinski definition) is 4. The molecule has 0 saturated heterocycles. The van der Waals surface area contributed by atoms with Gasteiger partial charge >= 0.3 is 0 Å². The summed E-state index contributed by atoms with van der Waals surface area (Å²) < 4.78 is 22.4. The number of hydrogen-bond donors (Lipinski definition) is 2. The fraction of sp³-hybridized carbons (Fsp3) is 0.615. The third kappa shape index (κ3) is 3.59. The summed E-state index contributed by atoms with van der Waals surface area (Å²) in [6, 6.07) is 3.09. The summed E-state index contributed by atoms with van der Waals surface area (Å²) in [6.07, 6.45) is 4.89. The maximum Gasteiger partial charge on any atom is 0.247 e. The highest BCUT2D eigenvalue weighted by molar-refractivity contribution is 7.91. The number of nitrogens with two attached hydrogens (primary N) is 1. The predicted octanol–water partition coefficient (Wildman–Crippen LogP) is 1.63. The lowest BCUT2D eigenvalue weighted by Gasteiger charge is -2.41. The maximum atomic E-state index is 11.9. The summed E-state index contributed by atoms with van der Waals surface area (Å²) in [7, 11) is -3.67. The van der Waals surface area contributed by atoms with Crippen molar-refractivity contribution >= 4 is 27.3 Å². The Balaban J connectivity index is 1.87. The summed E-state index contributed by atoms with van der Waals surface area (Å²) in [5.41, 5.74) is 0.289. The Morgan fingerprint density at radius 1 is 1.45 bits per heavy atom. The van der Waals surface area contributed by atoms with Crippen molar-refractivity contribution in [3.05, 3.63) is 17.0 Å². The third-order valence-electron chi connectivity index (χ3n) is 4.08. The molecule has 7 heteroatoms. The standard InChI is InChI=1S/C13H20N2O3S2/c1-2-13(6-3-7-13)9-15-11(16)8-10-4-5-12(19-10)20(14,17)18/h4-5H,2-3,6-9H2,1H3,(H,15,16)(H2,14,17,18). The predicted molar refractivity (Wildman–Crippen MR) is 79.0 cm³/mol. The average molecular weight is 316 g/mol. The van der Waals surface area contributed by atoms with Crippen LogP contribution in [-0.4, -0.2) is 20.9 Å². The lowest BCUT2D eigenvalue weighted by molar-refractivity contribution is -0.121. The van der Waals surface area contributed by atoms with Crippen molar-refractivity contribution in [2.75, 3.05) is 6.54 Å². The number of primary sulfonamides is 1. The molecule has 0 atom stereocenters. The van der Waals surface area contributed by atoms with Crippen LogP contribution in [0.2, 0.25) is 0 Å². The molecule has 0 spiro atoms. The minimum Gasteiger partial charge on any atom is -0.355 e. The first-order chi connectivity index (χ1) is 9.35. The number of carbonyl (C=O) groups excluding carboxylic acids is 1. The van der Waals surface area contributed by atoms with E-state index in [2.05, 4.69) is 12.2 Å². The van der Waals surface area contributed by atoms with Crippen molar-refractivity contribution in [3.63, 3.8) is 0 Å². The van der Waals surface area contributed by atoms with Crippen molar-refractivity contribution in [2.24, 2.45) is 10.6 Å². The molecule has 1 saturated carbocycles. The summed E-state index contributed by atoms with van der Waals surface area (Å²) in [5, 5.41) is 8.00. The van der Waals surface area contributed by atoms with Gasteiger partial charge in [0.25, 0.3) is 0 Å². The topological polar surface area (TPSA) is 89.3 Å². The minimum absolute atomic E-state index is 0.0625. The molecule has 0 radical (unpaired) electrons. The van der Waals surface area contributed by atoms with Gasteiger partial charge in [-0.05, 0) is 36.8 Å². The van der Waals surface area contributed by atoms with Crippen LogP contribution in [0.15, 0.2) is 16.3 Å². The van der Waals surface area contributed by atoms with Crippen molar-refractivity contribution in [3.8, 4) is 0 Å². The van der Waals surface area contributed by atoms with Gasteiger partial charge in [0.2, 0.25) is 15.9 Å². The lowest BCUT2D eigenvalue weighted by Crippen LogP contribution is -2.42. The minimum atomic E-state index is -3.67. The number of nitrogens with one attached hydrogen (secondary N) is 1. The molecule has 0 unspecified atom stereocenters. The smallest absolute Gasteiger partial charge is 0.247 e. The maximum absolute atomic E-state index is 11.9. The van der Waals surface area contributed by atoms with Crippen LogP contribution in [0.5, 0.6) is 0 Å². The van der Waals surface area contributed by atoms with E-state index in [1.807, 2.05) is 0 Å². The van der Waals surface area contributed by atoms with Gasteiger partial charge in [-0.3, -0.25) is 4.79 Å². The van der Waals surface area contributed by atoms with Gasteiger partial charge in [-0.25, -0.2) is 13.6 Å². The van der Waals surface area contributed by atoms with Crippen LogP contribution >= 0.6 is 11.3 Å². The molecule has 1 amide bonds. The van der Waals surface area contributed by atoms with Gasteiger partial charge in [-0.1, -0.05) is 13.3 Å². The third-order valence-corrected chi connectivity index (χ3v) is 6.60. The molecule has 3 N–H and O–H groups in total. The molecule has 1 aliphatic carbocycles. The van der Waals surface area contributed by atoms with Gasteiger partial charge in [-0.15, -0.1) is 11.3 Å². The molecule has 0 bridgehead atoms. The molecule has 0 aliphatic heterocycles. The fourth-order valence-corrected chi connectivity index (χ4v) is 4.22. The van der Waals surface area contributed by atoms with E-state index >= 15 is 0 Å². The molecule has 0 aromatic carbocycles. The van der Waals surface area contributed by atoms with Gasteiger partial charge in [0, 0.05) is 11.4 Å². The molecule has 1 heterocycles. The van der Waals surface area contributed by atoms with E-state index in [-0.39, 0.29) is 22.0 Å². The van der Waals surface area contributed by atoms with Gasteiger partial charge in [-0.2, -0.15) is 0 Å². The molecule has 1 aromatic rings. The Labute approximate surface area is 123 Å². The molecule has 5 nitrogen and oxygen atoms in total. The Bertz CT molecular complexity index is 583. The molecule has 1 aromatic heterocycles. The normalized spacial score (nSPS) is 17.5. The molecule has 112 valence electrons. The van der Waals surface area contributed by atoms with Crippen LogP contribution in [0.4, 0.5) is 0 Å². The van der Waals surface area contributed by atoms with Crippen LogP contribution < -0.4 is 10.5 Å². The Hall–Kier alpha value is -0.920. The van der Waals surface area contributed by atoms with Gasteiger partial charge in [0.1, 0.15) is 4.21 Å². The zero-order valence-corrected chi connectivity index (χ0v) is 13.1. The first kappa shape index (κ1) is 15.5. The highest BCUT2D eigenvalue weighted by Crippen LogP contribution is 2.43. The van der Waals surface area contributed by atoms with Gasteiger partial charge in [0.15, 0.2) is 0 Å². The molecular formula is C13H20N2O3S2. The van der Waals surface area contributed by atoms with Crippen LogP contribution in [-0.2, 0) is 21.2 Å². The second-order valence-corrected chi connectivity index (χ2v) is 8.38. The largest absolute Gasteiger partial charge is 0.355 e. The Morgan fingerprint density at radius 3 is 2.60 bits per heavy atom. The Morgan fingerprint density at radius 2 is 2.15 bits per heavy atom. The number of sulfonamides is 1.